The Morgan fingerprint density at radius 1 is 1.07 bits per heavy atom. The third-order valence-electron chi connectivity index (χ3n) is 5.45. The van der Waals surface area contributed by atoms with Gasteiger partial charge < -0.3 is 10.2 Å². The lowest BCUT2D eigenvalue weighted by atomic mass is 9.86. The predicted molar refractivity (Wildman–Crippen MR) is 105 cm³/mol. The number of fused-ring (bicyclic) bond motifs is 2. The van der Waals surface area contributed by atoms with Crippen molar-refractivity contribution in [1.82, 2.24) is 4.90 Å². The first-order chi connectivity index (χ1) is 12.7. The lowest BCUT2D eigenvalue weighted by molar-refractivity contribution is -0.119. The summed E-state index contributed by atoms with van der Waals surface area (Å²) in [5.74, 6) is -0.117. The zero-order chi connectivity index (χ0) is 19.4. The average Bonchev–Trinajstić information content (AvgIpc) is 2.75. The molecule has 0 saturated heterocycles. The summed E-state index contributed by atoms with van der Waals surface area (Å²) in [6.07, 6.45) is 0. The fourth-order valence-electron chi connectivity index (χ4n) is 3.73. The maximum absolute atomic E-state index is 13.5. The molecule has 0 aliphatic carbocycles. The number of para-hydroxylation sites is 1. The Bertz CT molecular complexity index is 1030. The van der Waals surface area contributed by atoms with E-state index in [0.29, 0.717) is 30.9 Å². The van der Waals surface area contributed by atoms with Crippen molar-refractivity contribution < 1.29 is 13.2 Å². The second kappa shape index (κ2) is 6.07. The molecule has 0 saturated carbocycles. The molecule has 27 heavy (non-hydrogen) atoms. The summed E-state index contributed by atoms with van der Waals surface area (Å²) in [7, 11) is -1.76. The minimum atomic E-state index is -3.74. The number of carbonyl (C=O) groups excluding carboxylic acids is 1. The number of sulfonamides is 1. The standard InChI is InChI=1S/C20H23N3O3S/c1-20(2)16-12-15(8-9-17(16)21-19(20)24)27(25,26)23-11-10-22(3)13-14-6-4-5-7-18(14)23/h4-9,12H,10-11,13H2,1-3H3,(H,21,24). The number of hydrogen-bond acceptors (Lipinski definition) is 4. The second-order valence-corrected chi connectivity index (χ2v) is 9.59. The Kier molecular flexibility index (Phi) is 4.05. The summed E-state index contributed by atoms with van der Waals surface area (Å²) in [6, 6.07) is 12.5. The number of hydrogen-bond donors (Lipinski definition) is 1. The van der Waals surface area contributed by atoms with Crippen molar-refractivity contribution in [3.8, 4) is 0 Å². The molecule has 0 radical (unpaired) electrons. The molecule has 0 spiro atoms. The maximum Gasteiger partial charge on any atom is 0.264 e. The number of benzene rings is 2. The smallest absolute Gasteiger partial charge is 0.264 e. The Morgan fingerprint density at radius 3 is 2.59 bits per heavy atom. The number of amides is 1. The lowest BCUT2D eigenvalue weighted by Gasteiger charge is -2.25. The minimum absolute atomic E-state index is 0.117. The zero-order valence-electron chi connectivity index (χ0n) is 15.7. The Labute approximate surface area is 159 Å². The van der Waals surface area contributed by atoms with Crippen LogP contribution in [0.25, 0.3) is 0 Å². The van der Waals surface area contributed by atoms with Crippen molar-refractivity contribution in [2.75, 3.05) is 29.8 Å². The van der Waals surface area contributed by atoms with Gasteiger partial charge in [-0.25, -0.2) is 8.42 Å². The quantitative estimate of drug-likeness (QED) is 0.863. The number of nitrogens with one attached hydrogen (secondary N) is 1. The van der Waals surface area contributed by atoms with Crippen molar-refractivity contribution in [3.05, 3.63) is 53.6 Å². The number of rotatable bonds is 2. The maximum atomic E-state index is 13.5. The van der Waals surface area contributed by atoms with Crippen LogP contribution in [0.15, 0.2) is 47.4 Å². The van der Waals surface area contributed by atoms with E-state index in [1.807, 2.05) is 31.3 Å². The van der Waals surface area contributed by atoms with Gasteiger partial charge in [-0.1, -0.05) is 18.2 Å². The van der Waals surface area contributed by atoms with Gasteiger partial charge in [-0.3, -0.25) is 9.10 Å². The average molecular weight is 385 g/mol. The predicted octanol–water partition coefficient (Wildman–Crippen LogP) is 2.56. The molecule has 0 aromatic heterocycles. The highest BCUT2D eigenvalue weighted by molar-refractivity contribution is 7.92. The topological polar surface area (TPSA) is 69.7 Å². The van der Waals surface area contributed by atoms with E-state index in [1.54, 1.807) is 32.0 Å². The van der Waals surface area contributed by atoms with Crippen LogP contribution >= 0.6 is 0 Å². The van der Waals surface area contributed by atoms with Crippen LogP contribution in [-0.2, 0) is 26.8 Å². The molecular weight excluding hydrogens is 362 g/mol. The monoisotopic (exact) mass is 385 g/mol. The Morgan fingerprint density at radius 2 is 1.81 bits per heavy atom. The van der Waals surface area contributed by atoms with Crippen LogP contribution in [0.4, 0.5) is 11.4 Å². The summed E-state index contributed by atoms with van der Waals surface area (Å²) in [5.41, 5.74) is 2.35. The summed E-state index contributed by atoms with van der Waals surface area (Å²) in [4.78, 5) is 14.5. The lowest BCUT2D eigenvalue weighted by Crippen LogP contribution is -2.35. The molecule has 1 N–H and O–H groups in total. The SMILES string of the molecule is CN1CCN(S(=O)(=O)c2ccc3c(c2)C(C)(C)C(=O)N3)c2ccccc2C1. The molecule has 0 bridgehead atoms. The van der Waals surface area contributed by atoms with Crippen LogP contribution in [0.1, 0.15) is 25.0 Å². The van der Waals surface area contributed by atoms with Crippen LogP contribution in [0, 0.1) is 0 Å². The van der Waals surface area contributed by atoms with Gasteiger partial charge in [-0.05, 0) is 56.3 Å². The highest BCUT2D eigenvalue weighted by Crippen LogP contribution is 2.39. The van der Waals surface area contributed by atoms with Gasteiger partial charge in [0.05, 0.1) is 16.0 Å². The normalized spacial score (nSPS) is 19.2. The number of carbonyl (C=O) groups is 1. The first kappa shape index (κ1) is 18.0. The van der Waals surface area contributed by atoms with Crippen molar-refractivity contribution in [3.63, 3.8) is 0 Å². The van der Waals surface area contributed by atoms with E-state index in [4.69, 9.17) is 0 Å². The van der Waals surface area contributed by atoms with Gasteiger partial charge in [-0.15, -0.1) is 0 Å². The summed E-state index contributed by atoms with van der Waals surface area (Å²) in [5, 5.41) is 2.82. The molecule has 0 atom stereocenters. The van der Waals surface area contributed by atoms with Crippen LogP contribution in [0.5, 0.6) is 0 Å². The summed E-state index contributed by atoms with van der Waals surface area (Å²) < 4.78 is 28.5. The van der Waals surface area contributed by atoms with E-state index >= 15 is 0 Å². The number of nitrogens with zero attached hydrogens (tertiary/aromatic N) is 2. The molecule has 7 heteroatoms. The zero-order valence-corrected chi connectivity index (χ0v) is 16.5. The molecule has 2 heterocycles. The number of likely N-dealkylation sites (N-methyl/N-ethyl adjacent to an activating group) is 1. The van der Waals surface area contributed by atoms with E-state index in [1.165, 1.54) is 4.31 Å². The Hall–Kier alpha value is -2.38. The fraction of sp³-hybridized carbons (Fsp3) is 0.350. The van der Waals surface area contributed by atoms with E-state index in [-0.39, 0.29) is 10.8 Å². The molecule has 2 aliphatic rings. The highest BCUT2D eigenvalue weighted by Gasteiger charge is 2.40. The van der Waals surface area contributed by atoms with E-state index in [0.717, 1.165) is 11.3 Å². The molecule has 2 aromatic rings. The van der Waals surface area contributed by atoms with Crippen molar-refractivity contribution in [1.29, 1.82) is 0 Å². The van der Waals surface area contributed by atoms with Gasteiger partial charge >= 0.3 is 0 Å². The molecule has 1 amide bonds. The van der Waals surface area contributed by atoms with Gasteiger partial charge in [0, 0.05) is 25.3 Å². The van der Waals surface area contributed by atoms with Crippen LogP contribution in [0.3, 0.4) is 0 Å². The van der Waals surface area contributed by atoms with Crippen LogP contribution < -0.4 is 9.62 Å². The Balaban J connectivity index is 1.82. The molecule has 4 rings (SSSR count). The van der Waals surface area contributed by atoms with E-state index < -0.39 is 15.4 Å². The molecule has 2 aliphatic heterocycles. The number of anilines is 2. The van der Waals surface area contributed by atoms with Gasteiger partial charge in [0.1, 0.15) is 0 Å². The van der Waals surface area contributed by atoms with Gasteiger partial charge in [0.2, 0.25) is 5.91 Å². The molecule has 142 valence electrons. The first-order valence-corrected chi connectivity index (χ1v) is 10.4. The van der Waals surface area contributed by atoms with Crippen LogP contribution in [0.2, 0.25) is 0 Å². The summed E-state index contributed by atoms with van der Waals surface area (Å²) >= 11 is 0. The fourth-order valence-corrected chi connectivity index (χ4v) is 5.25. The molecule has 0 unspecified atom stereocenters. The molecular formula is C20H23N3O3S. The third-order valence-corrected chi connectivity index (χ3v) is 7.26. The van der Waals surface area contributed by atoms with Crippen molar-refractivity contribution >= 4 is 27.3 Å². The molecule has 6 nitrogen and oxygen atoms in total. The second-order valence-electron chi connectivity index (χ2n) is 7.73. The minimum Gasteiger partial charge on any atom is -0.325 e. The van der Waals surface area contributed by atoms with Crippen molar-refractivity contribution in [2.45, 2.75) is 30.7 Å². The van der Waals surface area contributed by atoms with Crippen molar-refractivity contribution in [2.24, 2.45) is 0 Å². The van der Waals surface area contributed by atoms with Gasteiger partial charge in [0.15, 0.2) is 0 Å². The van der Waals surface area contributed by atoms with Crippen LogP contribution in [-0.4, -0.2) is 39.4 Å². The molecule has 0 fully saturated rings. The third kappa shape index (κ3) is 2.82. The highest BCUT2D eigenvalue weighted by atomic mass is 32.2. The first-order valence-electron chi connectivity index (χ1n) is 8.96. The summed E-state index contributed by atoms with van der Waals surface area (Å²) in [6.45, 7) is 5.34. The van der Waals surface area contributed by atoms with Gasteiger partial charge in [0.25, 0.3) is 10.0 Å². The van der Waals surface area contributed by atoms with E-state index in [2.05, 4.69) is 10.2 Å². The van der Waals surface area contributed by atoms with E-state index in [9.17, 15) is 13.2 Å². The molecule has 2 aromatic carbocycles. The van der Waals surface area contributed by atoms with Gasteiger partial charge in [-0.2, -0.15) is 0 Å². The largest absolute Gasteiger partial charge is 0.325 e.